The van der Waals surface area contributed by atoms with Crippen LogP contribution in [0.1, 0.15) is 20.3 Å². The normalized spacial score (nSPS) is 32.1. The van der Waals surface area contributed by atoms with E-state index in [1.807, 2.05) is 6.92 Å². The van der Waals surface area contributed by atoms with Crippen LogP contribution in [0.4, 0.5) is 0 Å². The van der Waals surface area contributed by atoms with Crippen LogP contribution in [-0.4, -0.2) is 40.9 Å². The zero-order valence-corrected chi connectivity index (χ0v) is 16.1. The van der Waals surface area contributed by atoms with Gasteiger partial charge >= 0.3 is 5.97 Å². The summed E-state index contributed by atoms with van der Waals surface area (Å²) in [6.07, 6.45) is 0.104. The van der Waals surface area contributed by atoms with Crippen LogP contribution in [0.3, 0.4) is 0 Å². The molecule has 0 bridgehead atoms. The molecule has 0 aromatic carbocycles. The minimum atomic E-state index is -1.79. The fourth-order valence-corrected chi connectivity index (χ4v) is 4.71. The summed E-state index contributed by atoms with van der Waals surface area (Å²) in [6, 6.07) is 0. The summed E-state index contributed by atoms with van der Waals surface area (Å²) in [7, 11) is -3.48. The number of hydrogen-bond donors (Lipinski definition) is 0. The molecule has 4 nitrogen and oxygen atoms in total. The molecule has 1 fully saturated rings. The van der Waals surface area contributed by atoms with Gasteiger partial charge in [-0.25, -0.2) is 4.79 Å². The third-order valence-corrected chi connectivity index (χ3v) is 5.17. The summed E-state index contributed by atoms with van der Waals surface area (Å²) in [5.41, 5.74) is 0. The van der Waals surface area contributed by atoms with E-state index in [9.17, 15) is 4.79 Å². The van der Waals surface area contributed by atoms with E-state index in [1.165, 1.54) is 0 Å². The van der Waals surface area contributed by atoms with Gasteiger partial charge in [-0.05, 0) is 45.7 Å². The minimum absolute atomic E-state index is 0.0413. The van der Waals surface area contributed by atoms with E-state index in [0.717, 1.165) is 6.42 Å². The molecule has 0 radical (unpaired) electrons. The Kier molecular flexibility index (Phi) is 5.63. The summed E-state index contributed by atoms with van der Waals surface area (Å²) in [4.78, 5) is 12.2. The van der Waals surface area contributed by atoms with Crippen molar-refractivity contribution in [1.29, 1.82) is 0 Å². The average Bonchev–Trinajstić information content (AvgIpc) is 2.25. The Morgan fingerprint density at radius 1 is 1.05 bits per heavy atom. The molecule has 1 saturated heterocycles. The number of hydrogen-bond acceptors (Lipinski definition) is 4. The molecule has 0 N–H and O–H groups in total. The Bertz CT molecular complexity index is 346. The average molecular weight is 319 g/mol. The van der Waals surface area contributed by atoms with Gasteiger partial charge in [-0.2, -0.15) is 0 Å². The highest BCUT2D eigenvalue weighted by molar-refractivity contribution is 6.70. The summed E-state index contributed by atoms with van der Waals surface area (Å²) in [6.45, 7) is 16.9. The molecule has 0 aliphatic carbocycles. The Morgan fingerprint density at radius 2 is 1.55 bits per heavy atom. The SMILES string of the molecule is CC[C@H]1OC(=O)C(O[Si](C)(C)C)[C@@H](C)C1O[Si](C)(C)C. The maximum Gasteiger partial charge on any atom is 0.334 e. The highest BCUT2D eigenvalue weighted by Gasteiger charge is 2.46. The molecule has 0 amide bonds. The first-order valence-corrected chi connectivity index (χ1v) is 14.3. The number of carbonyl (C=O) groups is 1. The number of carbonyl (C=O) groups excluding carboxylic acids is 1. The summed E-state index contributed by atoms with van der Waals surface area (Å²) in [5, 5.41) is 0. The standard InChI is InChI=1S/C14H30O4Si2/c1-9-11-12(17-19(3,4)5)10(2)13(14(15)16-11)18-20(6,7)8/h10-13H,9H2,1-8H3/t10-,11+,12?,13?/m0/s1. The maximum absolute atomic E-state index is 12.2. The molecule has 6 heteroatoms. The van der Waals surface area contributed by atoms with Crippen LogP contribution in [-0.2, 0) is 18.4 Å². The summed E-state index contributed by atoms with van der Waals surface area (Å²) < 4.78 is 17.9. The van der Waals surface area contributed by atoms with Crippen molar-refractivity contribution in [1.82, 2.24) is 0 Å². The van der Waals surface area contributed by atoms with E-state index in [4.69, 9.17) is 13.6 Å². The van der Waals surface area contributed by atoms with Crippen LogP contribution in [0.5, 0.6) is 0 Å². The topological polar surface area (TPSA) is 44.8 Å². The van der Waals surface area contributed by atoms with Crippen molar-refractivity contribution in [3.05, 3.63) is 0 Å². The van der Waals surface area contributed by atoms with E-state index < -0.39 is 22.7 Å². The van der Waals surface area contributed by atoms with Crippen molar-refractivity contribution in [3.63, 3.8) is 0 Å². The van der Waals surface area contributed by atoms with E-state index in [1.54, 1.807) is 0 Å². The second kappa shape index (κ2) is 6.29. The molecule has 1 rings (SSSR count). The van der Waals surface area contributed by atoms with E-state index >= 15 is 0 Å². The third kappa shape index (κ3) is 4.98. The number of esters is 1. The van der Waals surface area contributed by atoms with Gasteiger partial charge in [-0.1, -0.05) is 13.8 Å². The predicted octanol–water partition coefficient (Wildman–Crippen LogP) is 3.40. The van der Waals surface area contributed by atoms with Crippen molar-refractivity contribution < 1.29 is 18.4 Å². The lowest BCUT2D eigenvalue weighted by molar-refractivity contribution is -0.185. The number of ether oxygens (including phenoxy) is 1. The Balaban J connectivity index is 2.93. The molecular weight excluding hydrogens is 288 g/mol. The van der Waals surface area contributed by atoms with Crippen LogP contribution in [0.15, 0.2) is 0 Å². The molecular formula is C14H30O4Si2. The number of cyclic esters (lactones) is 1. The van der Waals surface area contributed by atoms with Crippen LogP contribution in [0.25, 0.3) is 0 Å². The summed E-state index contributed by atoms with van der Waals surface area (Å²) >= 11 is 0. The quantitative estimate of drug-likeness (QED) is 0.576. The van der Waals surface area contributed by atoms with Crippen molar-refractivity contribution in [2.24, 2.45) is 5.92 Å². The largest absolute Gasteiger partial charge is 0.458 e. The molecule has 20 heavy (non-hydrogen) atoms. The van der Waals surface area contributed by atoms with Gasteiger partial charge in [-0.3, -0.25) is 0 Å². The Hall–Kier alpha value is -0.176. The highest BCUT2D eigenvalue weighted by Crippen LogP contribution is 2.32. The Labute approximate surface area is 125 Å². The zero-order valence-electron chi connectivity index (χ0n) is 14.1. The number of rotatable bonds is 5. The lowest BCUT2D eigenvalue weighted by atomic mass is 9.90. The van der Waals surface area contributed by atoms with E-state index in [-0.39, 0.29) is 24.1 Å². The molecule has 0 saturated carbocycles. The van der Waals surface area contributed by atoms with Crippen LogP contribution >= 0.6 is 0 Å². The molecule has 0 aromatic rings. The lowest BCUT2D eigenvalue weighted by Gasteiger charge is -2.43. The summed E-state index contributed by atoms with van der Waals surface area (Å²) in [5.74, 6) is -0.179. The first-order chi connectivity index (χ1) is 8.94. The van der Waals surface area contributed by atoms with Gasteiger partial charge in [0.1, 0.15) is 12.2 Å². The highest BCUT2D eigenvalue weighted by atomic mass is 28.4. The molecule has 2 unspecified atom stereocenters. The fourth-order valence-electron chi connectivity index (χ4n) is 2.45. The van der Waals surface area contributed by atoms with Crippen LogP contribution in [0, 0.1) is 5.92 Å². The second-order valence-corrected chi connectivity index (χ2v) is 16.5. The van der Waals surface area contributed by atoms with Crippen molar-refractivity contribution >= 4 is 22.6 Å². The van der Waals surface area contributed by atoms with E-state index in [2.05, 4.69) is 46.2 Å². The van der Waals surface area contributed by atoms with Crippen LogP contribution < -0.4 is 0 Å². The van der Waals surface area contributed by atoms with Crippen LogP contribution in [0.2, 0.25) is 39.3 Å². The van der Waals surface area contributed by atoms with Gasteiger partial charge in [0.25, 0.3) is 0 Å². The molecule has 1 aliphatic heterocycles. The fraction of sp³-hybridized carbons (Fsp3) is 0.929. The second-order valence-electron chi connectivity index (χ2n) is 7.59. The first kappa shape index (κ1) is 17.9. The Morgan fingerprint density at radius 3 is 1.95 bits per heavy atom. The molecule has 1 heterocycles. The van der Waals surface area contributed by atoms with Crippen molar-refractivity contribution in [2.75, 3.05) is 0 Å². The molecule has 118 valence electrons. The molecule has 4 atom stereocenters. The van der Waals surface area contributed by atoms with Crippen molar-refractivity contribution in [2.45, 2.75) is 77.9 Å². The van der Waals surface area contributed by atoms with Gasteiger partial charge in [-0.15, -0.1) is 0 Å². The zero-order chi connectivity index (χ0) is 15.7. The molecule has 0 spiro atoms. The van der Waals surface area contributed by atoms with Gasteiger partial charge in [0.05, 0.1) is 6.10 Å². The van der Waals surface area contributed by atoms with Gasteiger partial charge < -0.3 is 13.6 Å². The minimum Gasteiger partial charge on any atom is -0.458 e. The monoisotopic (exact) mass is 318 g/mol. The lowest BCUT2D eigenvalue weighted by Crippen LogP contribution is -2.57. The van der Waals surface area contributed by atoms with E-state index in [0.29, 0.717) is 0 Å². The molecule has 1 aliphatic rings. The van der Waals surface area contributed by atoms with Gasteiger partial charge in [0.2, 0.25) is 0 Å². The van der Waals surface area contributed by atoms with Gasteiger partial charge in [0, 0.05) is 5.92 Å². The molecule has 0 aromatic heterocycles. The predicted molar refractivity (Wildman–Crippen MR) is 85.8 cm³/mol. The third-order valence-electron chi connectivity index (χ3n) is 3.23. The smallest absolute Gasteiger partial charge is 0.334 e. The first-order valence-electron chi connectivity index (χ1n) is 7.50. The maximum atomic E-state index is 12.2. The van der Waals surface area contributed by atoms with Crippen molar-refractivity contribution in [3.8, 4) is 0 Å². The van der Waals surface area contributed by atoms with Gasteiger partial charge in [0.15, 0.2) is 16.6 Å².